The Morgan fingerprint density at radius 2 is 1.87 bits per heavy atom. The minimum Gasteiger partial charge on any atom is -0.316 e. The maximum atomic E-state index is 13.4. The van der Waals surface area contributed by atoms with Crippen LogP contribution in [-0.4, -0.2) is 60.8 Å². The van der Waals surface area contributed by atoms with Crippen LogP contribution in [-0.2, 0) is 17.6 Å². The lowest BCUT2D eigenvalue weighted by Crippen LogP contribution is -2.48. The molecule has 1 aliphatic heterocycles. The minimum absolute atomic E-state index is 0.0286. The van der Waals surface area contributed by atoms with Crippen molar-refractivity contribution in [3.05, 3.63) is 64.1 Å². The van der Waals surface area contributed by atoms with E-state index in [1.807, 2.05) is 37.3 Å². The Kier molecular flexibility index (Phi) is 6.46. The second-order valence-electron chi connectivity index (χ2n) is 8.12. The summed E-state index contributed by atoms with van der Waals surface area (Å²) in [4.78, 5) is 32.0. The lowest BCUT2D eigenvalue weighted by Gasteiger charge is -2.33. The van der Waals surface area contributed by atoms with Crippen molar-refractivity contribution in [2.75, 3.05) is 44.6 Å². The Morgan fingerprint density at radius 3 is 2.60 bits per heavy atom. The molecule has 0 unspecified atom stereocenters. The first kappa shape index (κ1) is 21.0. The highest BCUT2D eigenvalue weighted by atomic mass is 32.1. The van der Waals surface area contributed by atoms with Gasteiger partial charge in [0.05, 0.1) is 12.1 Å². The number of rotatable bonds is 7. The first-order valence-corrected chi connectivity index (χ1v) is 11.5. The van der Waals surface area contributed by atoms with Gasteiger partial charge in [-0.2, -0.15) is 0 Å². The highest BCUT2D eigenvalue weighted by Gasteiger charge is 2.29. The van der Waals surface area contributed by atoms with E-state index in [0.29, 0.717) is 12.1 Å². The molecule has 2 aromatic rings. The van der Waals surface area contributed by atoms with E-state index in [1.54, 1.807) is 11.3 Å². The van der Waals surface area contributed by atoms with E-state index in [4.69, 9.17) is 0 Å². The fourth-order valence-electron chi connectivity index (χ4n) is 4.38. The number of carbonyl (C=O) groups excluding carboxylic acids is 2. The molecule has 1 aliphatic carbocycles. The summed E-state index contributed by atoms with van der Waals surface area (Å²) in [5.74, 6) is -0.00762. The molecule has 1 aromatic heterocycles. The molecule has 1 aromatic carbocycles. The van der Waals surface area contributed by atoms with Crippen LogP contribution in [0.2, 0.25) is 0 Å². The van der Waals surface area contributed by atoms with Crippen LogP contribution in [0.4, 0.5) is 5.00 Å². The van der Waals surface area contributed by atoms with Gasteiger partial charge in [0.1, 0.15) is 5.00 Å². The second kappa shape index (κ2) is 9.25. The van der Waals surface area contributed by atoms with Crippen molar-refractivity contribution < 1.29 is 9.59 Å². The Hall–Kier alpha value is -2.28. The van der Waals surface area contributed by atoms with E-state index >= 15 is 0 Å². The topological polar surface area (TPSA) is 52.6 Å². The number of hydrogen-bond donors (Lipinski definition) is 1. The standard InChI is InChI=1S/C24H29N3O2S/c1-3-11-26-12-14-27(15-13-26)16-21(28)25-24-22(19-9-6-10-20(19)30-24)23(29)18-8-5-4-7-17(18)2/h3-5,7-8H,1,6,9-16H2,2H3,(H,25,28). The number of nitrogens with zero attached hydrogens (tertiary/aromatic N) is 2. The van der Waals surface area contributed by atoms with Gasteiger partial charge in [-0.15, -0.1) is 17.9 Å². The Labute approximate surface area is 182 Å². The van der Waals surface area contributed by atoms with Crippen molar-refractivity contribution in [1.29, 1.82) is 0 Å². The largest absolute Gasteiger partial charge is 0.316 e. The average Bonchev–Trinajstić information content (AvgIpc) is 3.30. The number of hydrogen-bond acceptors (Lipinski definition) is 5. The molecule has 0 saturated carbocycles. The van der Waals surface area contributed by atoms with Gasteiger partial charge in [-0.25, -0.2) is 0 Å². The van der Waals surface area contributed by atoms with Crippen LogP contribution in [0.1, 0.15) is 38.3 Å². The molecular weight excluding hydrogens is 394 g/mol. The van der Waals surface area contributed by atoms with E-state index in [0.717, 1.165) is 73.7 Å². The van der Waals surface area contributed by atoms with Crippen molar-refractivity contribution in [1.82, 2.24) is 9.80 Å². The molecule has 1 saturated heterocycles. The normalized spacial score (nSPS) is 17.0. The van der Waals surface area contributed by atoms with Crippen LogP contribution in [0.3, 0.4) is 0 Å². The lowest BCUT2D eigenvalue weighted by molar-refractivity contribution is -0.117. The number of nitrogens with one attached hydrogen (secondary N) is 1. The third kappa shape index (κ3) is 4.41. The number of ketones is 1. The number of amides is 1. The van der Waals surface area contributed by atoms with Gasteiger partial charge in [0.25, 0.3) is 0 Å². The molecule has 0 radical (unpaired) electrons. The molecule has 0 spiro atoms. The highest BCUT2D eigenvalue weighted by Crippen LogP contribution is 2.40. The zero-order chi connectivity index (χ0) is 21.1. The molecular formula is C24H29N3O2S. The molecule has 2 aliphatic rings. The predicted octanol–water partition coefficient (Wildman–Crippen LogP) is 3.52. The van der Waals surface area contributed by atoms with Crippen molar-refractivity contribution in [3.8, 4) is 0 Å². The summed E-state index contributed by atoms with van der Waals surface area (Å²) in [5, 5.41) is 3.81. The molecule has 0 atom stereocenters. The maximum Gasteiger partial charge on any atom is 0.239 e. The fourth-order valence-corrected chi connectivity index (χ4v) is 5.68. The summed E-state index contributed by atoms with van der Waals surface area (Å²) in [6.45, 7) is 10.7. The van der Waals surface area contributed by atoms with Crippen LogP contribution in [0.15, 0.2) is 36.9 Å². The van der Waals surface area contributed by atoms with Crippen LogP contribution >= 0.6 is 11.3 Å². The Morgan fingerprint density at radius 1 is 1.13 bits per heavy atom. The van der Waals surface area contributed by atoms with Crippen LogP contribution in [0.5, 0.6) is 0 Å². The van der Waals surface area contributed by atoms with E-state index in [2.05, 4.69) is 21.7 Å². The van der Waals surface area contributed by atoms with Gasteiger partial charge >= 0.3 is 0 Å². The third-order valence-electron chi connectivity index (χ3n) is 6.01. The number of anilines is 1. The first-order valence-electron chi connectivity index (χ1n) is 10.7. The number of thiophene rings is 1. The van der Waals surface area contributed by atoms with Gasteiger partial charge in [0.2, 0.25) is 5.91 Å². The molecule has 30 heavy (non-hydrogen) atoms. The molecule has 1 N–H and O–H groups in total. The highest BCUT2D eigenvalue weighted by molar-refractivity contribution is 7.17. The number of carbonyl (C=O) groups is 2. The monoisotopic (exact) mass is 423 g/mol. The number of benzene rings is 1. The Bertz CT molecular complexity index is 957. The van der Waals surface area contributed by atoms with Crippen molar-refractivity contribution in [2.24, 2.45) is 0 Å². The zero-order valence-corrected chi connectivity index (χ0v) is 18.4. The minimum atomic E-state index is -0.0362. The molecule has 158 valence electrons. The summed E-state index contributed by atoms with van der Waals surface area (Å²) < 4.78 is 0. The van der Waals surface area contributed by atoms with Gasteiger partial charge in [-0.1, -0.05) is 30.3 Å². The summed E-state index contributed by atoms with van der Waals surface area (Å²) in [6.07, 6.45) is 4.92. The number of piperazine rings is 1. The third-order valence-corrected chi connectivity index (χ3v) is 7.22. The summed E-state index contributed by atoms with van der Waals surface area (Å²) >= 11 is 1.58. The molecule has 0 bridgehead atoms. The van der Waals surface area contributed by atoms with Crippen molar-refractivity contribution in [2.45, 2.75) is 26.2 Å². The molecule has 4 rings (SSSR count). The average molecular weight is 424 g/mol. The van der Waals surface area contributed by atoms with Gasteiger partial charge in [0.15, 0.2) is 5.78 Å². The predicted molar refractivity (Wildman–Crippen MR) is 123 cm³/mol. The van der Waals surface area contributed by atoms with E-state index < -0.39 is 0 Å². The summed E-state index contributed by atoms with van der Waals surface area (Å²) in [5.41, 5.74) is 3.54. The van der Waals surface area contributed by atoms with E-state index in [-0.39, 0.29) is 11.7 Å². The van der Waals surface area contributed by atoms with Gasteiger partial charge in [0, 0.05) is 43.2 Å². The SMILES string of the molecule is C=CCN1CCN(CC(=O)Nc2sc3c(c2C(=O)c2ccccc2C)CCC3)CC1. The molecule has 2 heterocycles. The summed E-state index contributed by atoms with van der Waals surface area (Å²) in [7, 11) is 0. The molecule has 5 nitrogen and oxygen atoms in total. The van der Waals surface area contributed by atoms with Crippen LogP contribution < -0.4 is 5.32 Å². The number of aryl methyl sites for hydroxylation is 2. The quantitative estimate of drug-likeness (QED) is 0.547. The molecule has 1 amide bonds. The van der Waals surface area contributed by atoms with E-state index in [9.17, 15) is 9.59 Å². The van der Waals surface area contributed by atoms with Gasteiger partial charge in [-0.3, -0.25) is 19.4 Å². The number of fused-ring (bicyclic) bond motifs is 1. The summed E-state index contributed by atoms with van der Waals surface area (Å²) in [6, 6.07) is 7.69. The molecule has 6 heteroatoms. The zero-order valence-electron chi connectivity index (χ0n) is 17.6. The maximum absolute atomic E-state index is 13.4. The first-order chi connectivity index (χ1) is 14.6. The van der Waals surface area contributed by atoms with Crippen LogP contribution in [0, 0.1) is 6.92 Å². The molecule has 1 fully saturated rings. The van der Waals surface area contributed by atoms with Crippen LogP contribution in [0.25, 0.3) is 0 Å². The second-order valence-corrected chi connectivity index (χ2v) is 9.22. The fraction of sp³-hybridized carbons (Fsp3) is 0.417. The Balaban J connectivity index is 1.48. The van der Waals surface area contributed by atoms with E-state index in [1.165, 1.54) is 4.88 Å². The van der Waals surface area contributed by atoms with Crippen molar-refractivity contribution >= 4 is 28.0 Å². The van der Waals surface area contributed by atoms with Crippen molar-refractivity contribution in [3.63, 3.8) is 0 Å². The van der Waals surface area contributed by atoms with Gasteiger partial charge in [-0.05, 0) is 37.3 Å². The smallest absolute Gasteiger partial charge is 0.239 e. The van der Waals surface area contributed by atoms with Gasteiger partial charge < -0.3 is 5.32 Å². The lowest BCUT2D eigenvalue weighted by atomic mass is 9.97.